The second-order valence-corrected chi connectivity index (χ2v) is 1.35. The van der Waals surface area contributed by atoms with Crippen molar-refractivity contribution in [1.82, 2.24) is 0 Å². The molecule has 0 aliphatic rings. The molecule has 6 heavy (non-hydrogen) atoms. The lowest BCUT2D eigenvalue weighted by atomic mass is 10.5. The fourth-order valence-corrected chi connectivity index (χ4v) is 0.370. The van der Waals surface area contributed by atoms with Crippen molar-refractivity contribution in [2.75, 3.05) is 6.26 Å². The highest BCUT2D eigenvalue weighted by Gasteiger charge is 1.56. The molecule has 0 aliphatic heterocycles. The molecule has 0 aliphatic carbocycles. The molecule has 0 bridgehead atoms. The predicted octanol–water partition coefficient (Wildman–Crippen LogP) is 1.53. The van der Waals surface area contributed by atoms with E-state index in [1.807, 2.05) is 6.26 Å². The van der Waals surface area contributed by atoms with Crippen LogP contribution in [0.1, 0.15) is 6.42 Å². The first-order valence-corrected chi connectivity index (χ1v) is 2.94. The molecule has 1 radical (unpaired) electrons. The monoisotopic (exact) mass is 99.0 g/mol. The minimum absolute atomic E-state index is 0.723. The van der Waals surface area contributed by atoms with Crippen LogP contribution >= 0.6 is 11.8 Å². The molecule has 0 saturated carbocycles. The molecule has 0 aromatic rings. The largest absolute Gasteiger partial charge is 0.0913 e. The number of thioether (sulfide) groups is 1. The molecular formula is C5H7S. The normalized spacial score (nSPS) is 6.33. The van der Waals surface area contributed by atoms with Crippen LogP contribution in [0.2, 0.25) is 0 Å². The van der Waals surface area contributed by atoms with Gasteiger partial charge in [0.2, 0.25) is 0 Å². The topological polar surface area (TPSA) is 0 Å². The molecule has 0 heterocycles. The summed E-state index contributed by atoms with van der Waals surface area (Å²) in [4.78, 5) is 0. The molecule has 0 N–H and O–H groups in total. The van der Waals surface area contributed by atoms with Gasteiger partial charge in [-0.1, -0.05) is 17.7 Å². The van der Waals surface area contributed by atoms with Crippen LogP contribution in [0.5, 0.6) is 0 Å². The maximum atomic E-state index is 3.54. The molecule has 0 spiro atoms. The van der Waals surface area contributed by atoms with Crippen LogP contribution in [0.25, 0.3) is 0 Å². The summed E-state index contributed by atoms with van der Waals surface area (Å²) in [7, 11) is 0. The van der Waals surface area contributed by atoms with E-state index in [1.54, 1.807) is 0 Å². The first-order chi connectivity index (χ1) is 2.91. The van der Waals surface area contributed by atoms with Crippen molar-refractivity contribution >= 4 is 11.8 Å². The van der Waals surface area contributed by atoms with E-state index in [-0.39, 0.29) is 0 Å². The maximum absolute atomic E-state index is 3.54. The van der Waals surface area contributed by atoms with Gasteiger partial charge in [-0.3, -0.25) is 0 Å². The molecule has 0 aromatic carbocycles. The van der Waals surface area contributed by atoms with E-state index in [0.717, 1.165) is 6.42 Å². The van der Waals surface area contributed by atoms with Crippen LogP contribution in [-0.2, 0) is 0 Å². The third-order valence-corrected chi connectivity index (χ3v) is 0.648. The van der Waals surface area contributed by atoms with Gasteiger partial charge in [0.25, 0.3) is 0 Å². The molecule has 0 unspecified atom stereocenters. The van der Waals surface area contributed by atoms with E-state index >= 15 is 0 Å². The van der Waals surface area contributed by atoms with Gasteiger partial charge in [0.05, 0.1) is 0 Å². The van der Waals surface area contributed by atoms with E-state index < -0.39 is 0 Å². The SMILES string of the molecule is [CH2]CC#CSC. The molecule has 0 nitrogen and oxygen atoms in total. The maximum Gasteiger partial charge on any atom is 0.00979 e. The lowest BCUT2D eigenvalue weighted by Crippen LogP contribution is -1.48. The Kier molecular flexibility index (Phi) is 4.84. The van der Waals surface area contributed by atoms with Gasteiger partial charge in [-0.05, 0) is 18.4 Å². The number of hydrogen-bond acceptors (Lipinski definition) is 1. The first-order valence-electron chi connectivity index (χ1n) is 1.72. The summed E-state index contributed by atoms with van der Waals surface area (Å²) in [6, 6.07) is 0. The van der Waals surface area contributed by atoms with Crippen molar-refractivity contribution in [3.63, 3.8) is 0 Å². The van der Waals surface area contributed by atoms with Gasteiger partial charge in [-0.2, -0.15) is 0 Å². The average Bonchev–Trinajstić information content (AvgIpc) is 1.61. The van der Waals surface area contributed by atoms with E-state index in [2.05, 4.69) is 18.1 Å². The Labute approximate surface area is 43.3 Å². The minimum Gasteiger partial charge on any atom is -0.0913 e. The summed E-state index contributed by atoms with van der Waals surface area (Å²) in [5.74, 6) is 2.80. The second-order valence-electron chi connectivity index (χ2n) is 0.733. The lowest BCUT2D eigenvalue weighted by molar-refractivity contribution is 1.49. The number of rotatable bonds is 0. The Morgan fingerprint density at radius 3 is 2.67 bits per heavy atom. The van der Waals surface area contributed by atoms with Crippen LogP contribution in [-0.4, -0.2) is 6.26 Å². The standard InChI is InChI=1S/C5H7S/c1-3-4-5-6-2/h1,3H2,2H3. The van der Waals surface area contributed by atoms with Gasteiger partial charge in [0, 0.05) is 6.42 Å². The van der Waals surface area contributed by atoms with E-state index in [0.29, 0.717) is 0 Å². The molecule has 33 valence electrons. The van der Waals surface area contributed by atoms with Crippen molar-refractivity contribution < 1.29 is 0 Å². The van der Waals surface area contributed by atoms with Gasteiger partial charge in [0.15, 0.2) is 0 Å². The minimum atomic E-state index is 0.723. The zero-order valence-electron chi connectivity index (χ0n) is 3.82. The van der Waals surface area contributed by atoms with Crippen LogP contribution in [0.3, 0.4) is 0 Å². The molecule has 0 aromatic heterocycles. The zero-order chi connectivity index (χ0) is 4.83. The van der Waals surface area contributed by atoms with Crippen molar-refractivity contribution in [2.24, 2.45) is 0 Å². The third-order valence-electron chi connectivity index (χ3n) is 0.299. The summed E-state index contributed by atoms with van der Waals surface area (Å²) in [5.41, 5.74) is 0. The Morgan fingerprint density at radius 1 is 1.83 bits per heavy atom. The average molecular weight is 99.2 g/mol. The Hall–Kier alpha value is -0.0900. The summed E-state index contributed by atoms with van der Waals surface area (Å²) in [6.45, 7) is 3.54. The third kappa shape index (κ3) is 3.91. The fourth-order valence-electron chi connectivity index (χ4n) is 0.123. The van der Waals surface area contributed by atoms with Crippen LogP contribution < -0.4 is 0 Å². The fraction of sp³-hybridized carbons (Fsp3) is 0.400. The van der Waals surface area contributed by atoms with E-state index in [4.69, 9.17) is 0 Å². The van der Waals surface area contributed by atoms with Crippen LogP contribution in [0.15, 0.2) is 0 Å². The predicted molar refractivity (Wildman–Crippen MR) is 31.3 cm³/mol. The van der Waals surface area contributed by atoms with Gasteiger partial charge >= 0.3 is 0 Å². The molecule has 1 heteroatoms. The van der Waals surface area contributed by atoms with Gasteiger partial charge in [0.1, 0.15) is 0 Å². The summed E-state index contributed by atoms with van der Waals surface area (Å²) in [5, 5.41) is 2.80. The smallest absolute Gasteiger partial charge is 0.00979 e. The lowest BCUT2D eigenvalue weighted by Gasteiger charge is -1.65. The highest BCUT2D eigenvalue weighted by molar-refractivity contribution is 8.03. The zero-order valence-corrected chi connectivity index (χ0v) is 4.64. The summed E-state index contributed by atoms with van der Waals surface area (Å²) < 4.78 is 0. The summed E-state index contributed by atoms with van der Waals surface area (Å²) in [6.07, 6.45) is 2.67. The highest BCUT2D eigenvalue weighted by Crippen LogP contribution is 1.83. The Morgan fingerprint density at radius 2 is 2.50 bits per heavy atom. The first kappa shape index (κ1) is 5.91. The molecule has 0 saturated heterocycles. The molecule has 0 amide bonds. The van der Waals surface area contributed by atoms with E-state index in [1.165, 1.54) is 11.8 Å². The molecular weight excluding hydrogens is 92.1 g/mol. The Balaban J connectivity index is 2.90. The van der Waals surface area contributed by atoms with Gasteiger partial charge in [-0.15, -0.1) is 0 Å². The highest BCUT2D eigenvalue weighted by atomic mass is 32.2. The van der Waals surface area contributed by atoms with Crippen molar-refractivity contribution in [3.8, 4) is 11.2 Å². The number of hydrogen-bond donors (Lipinski definition) is 0. The molecule has 0 fully saturated rings. The van der Waals surface area contributed by atoms with Crippen LogP contribution in [0, 0.1) is 18.1 Å². The van der Waals surface area contributed by atoms with Gasteiger partial charge in [-0.25, -0.2) is 0 Å². The quantitative estimate of drug-likeness (QED) is 0.415. The molecule has 0 rings (SSSR count). The van der Waals surface area contributed by atoms with Crippen LogP contribution in [0.4, 0.5) is 0 Å². The van der Waals surface area contributed by atoms with E-state index in [9.17, 15) is 0 Å². The van der Waals surface area contributed by atoms with Gasteiger partial charge < -0.3 is 0 Å². The van der Waals surface area contributed by atoms with Crippen molar-refractivity contribution in [1.29, 1.82) is 0 Å². The summed E-state index contributed by atoms with van der Waals surface area (Å²) >= 11 is 1.53. The van der Waals surface area contributed by atoms with Crippen molar-refractivity contribution in [2.45, 2.75) is 6.42 Å². The molecule has 0 atom stereocenters. The Bertz CT molecular complexity index is 57.7. The second kappa shape index (κ2) is 4.91. The van der Waals surface area contributed by atoms with Crippen molar-refractivity contribution in [3.05, 3.63) is 6.92 Å².